The Morgan fingerprint density at radius 1 is 1.88 bits per heavy atom. The zero-order chi connectivity index (χ0) is 6.57. The SMILES string of the molecule is CC(Cl)CCS(N)=O. The predicted octanol–water partition coefficient (Wildman–Crippen LogP) is 0.626. The van der Waals surface area contributed by atoms with Crippen molar-refractivity contribution >= 4 is 22.6 Å². The fourth-order valence-corrected chi connectivity index (χ4v) is 1.10. The molecule has 0 aliphatic carbocycles. The standard InChI is InChI=1S/C4H10ClNOS/c1-4(5)2-3-8(6)7/h4H,2-3,6H2,1H3. The van der Waals surface area contributed by atoms with E-state index in [2.05, 4.69) is 0 Å². The Morgan fingerprint density at radius 2 is 2.38 bits per heavy atom. The van der Waals surface area contributed by atoms with E-state index in [9.17, 15) is 4.21 Å². The van der Waals surface area contributed by atoms with Crippen molar-refractivity contribution in [3.05, 3.63) is 0 Å². The maximum absolute atomic E-state index is 10.2. The number of hydrogen-bond donors (Lipinski definition) is 1. The molecule has 0 heterocycles. The van der Waals surface area contributed by atoms with E-state index in [0.29, 0.717) is 5.75 Å². The summed E-state index contributed by atoms with van der Waals surface area (Å²) >= 11 is 5.53. The predicted molar refractivity (Wildman–Crippen MR) is 37.1 cm³/mol. The van der Waals surface area contributed by atoms with E-state index < -0.39 is 11.0 Å². The second-order valence-corrected chi connectivity index (χ2v) is 3.57. The molecule has 0 saturated carbocycles. The Kier molecular flexibility index (Phi) is 4.51. The lowest BCUT2D eigenvalue weighted by atomic mass is 10.4. The summed E-state index contributed by atoms with van der Waals surface area (Å²) in [5, 5.41) is 5.04. The van der Waals surface area contributed by atoms with Gasteiger partial charge in [0.1, 0.15) is 0 Å². The van der Waals surface area contributed by atoms with E-state index in [4.69, 9.17) is 16.7 Å². The van der Waals surface area contributed by atoms with Gasteiger partial charge in [-0.3, -0.25) is 5.14 Å². The highest BCUT2D eigenvalue weighted by atomic mass is 35.5. The first-order valence-electron chi connectivity index (χ1n) is 2.39. The molecule has 0 aromatic rings. The van der Waals surface area contributed by atoms with Crippen molar-refractivity contribution in [1.82, 2.24) is 0 Å². The fourth-order valence-electron chi connectivity index (χ4n) is 0.279. The summed E-state index contributed by atoms with van der Waals surface area (Å²) in [6.07, 6.45) is 0.727. The molecule has 0 radical (unpaired) electrons. The summed E-state index contributed by atoms with van der Waals surface area (Å²) in [5.41, 5.74) is 0. The lowest BCUT2D eigenvalue weighted by Gasteiger charge is -1.96. The van der Waals surface area contributed by atoms with Crippen LogP contribution < -0.4 is 5.14 Å². The molecule has 0 aliphatic heterocycles. The molecule has 2 N–H and O–H groups in total. The van der Waals surface area contributed by atoms with E-state index in [1.807, 2.05) is 6.92 Å². The van der Waals surface area contributed by atoms with Crippen molar-refractivity contribution in [3.63, 3.8) is 0 Å². The topological polar surface area (TPSA) is 43.1 Å². The van der Waals surface area contributed by atoms with Gasteiger partial charge < -0.3 is 0 Å². The maximum Gasteiger partial charge on any atom is 0.0888 e. The van der Waals surface area contributed by atoms with Gasteiger partial charge in [-0.1, -0.05) is 0 Å². The summed E-state index contributed by atoms with van der Waals surface area (Å²) in [6.45, 7) is 1.86. The van der Waals surface area contributed by atoms with Crippen LogP contribution >= 0.6 is 11.6 Å². The molecular weight excluding hydrogens is 146 g/mol. The number of halogens is 1. The Bertz CT molecular complexity index is 86.1. The molecule has 0 rings (SSSR count). The molecule has 0 aromatic heterocycles. The molecule has 2 atom stereocenters. The normalized spacial score (nSPS) is 17.9. The molecule has 50 valence electrons. The molecular formula is C4H10ClNOS. The second-order valence-electron chi connectivity index (χ2n) is 1.65. The third kappa shape index (κ3) is 6.40. The van der Waals surface area contributed by atoms with Crippen LogP contribution in [0.4, 0.5) is 0 Å². The highest BCUT2D eigenvalue weighted by molar-refractivity contribution is 7.82. The van der Waals surface area contributed by atoms with Gasteiger partial charge in [0, 0.05) is 11.1 Å². The number of hydrogen-bond acceptors (Lipinski definition) is 1. The van der Waals surface area contributed by atoms with Gasteiger partial charge in [-0.2, -0.15) is 0 Å². The molecule has 0 aliphatic rings. The fraction of sp³-hybridized carbons (Fsp3) is 1.00. The molecule has 0 amide bonds. The highest BCUT2D eigenvalue weighted by Gasteiger charge is 1.96. The van der Waals surface area contributed by atoms with Crippen molar-refractivity contribution in [1.29, 1.82) is 0 Å². The first-order chi connectivity index (χ1) is 3.63. The summed E-state index contributed by atoms with van der Waals surface area (Å²) in [6, 6.07) is 0. The number of nitrogens with two attached hydrogens (primary N) is 1. The van der Waals surface area contributed by atoms with Crippen molar-refractivity contribution in [2.24, 2.45) is 5.14 Å². The minimum Gasteiger partial charge on any atom is -0.252 e. The van der Waals surface area contributed by atoms with Gasteiger partial charge in [0.05, 0.1) is 11.0 Å². The van der Waals surface area contributed by atoms with Crippen molar-refractivity contribution < 1.29 is 4.21 Å². The van der Waals surface area contributed by atoms with Crippen LogP contribution in [0.1, 0.15) is 13.3 Å². The van der Waals surface area contributed by atoms with Gasteiger partial charge in [-0.15, -0.1) is 11.6 Å². The van der Waals surface area contributed by atoms with Crippen LogP contribution in [0.15, 0.2) is 0 Å². The highest BCUT2D eigenvalue weighted by Crippen LogP contribution is 1.98. The molecule has 2 nitrogen and oxygen atoms in total. The monoisotopic (exact) mass is 155 g/mol. The minimum absolute atomic E-state index is 0.0856. The summed E-state index contributed by atoms with van der Waals surface area (Å²) in [5.74, 6) is 0.505. The van der Waals surface area contributed by atoms with Crippen molar-refractivity contribution in [2.45, 2.75) is 18.7 Å². The molecule has 0 fully saturated rings. The summed E-state index contributed by atoms with van der Waals surface area (Å²) in [7, 11) is -1.17. The minimum atomic E-state index is -1.17. The Morgan fingerprint density at radius 3 is 2.50 bits per heavy atom. The number of alkyl halides is 1. The van der Waals surface area contributed by atoms with Crippen LogP contribution in [0.3, 0.4) is 0 Å². The van der Waals surface area contributed by atoms with Gasteiger partial charge in [0.2, 0.25) is 0 Å². The number of rotatable bonds is 3. The Hall–Kier alpha value is 0.400. The van der Waals surface area contributed by atoms with Crippen molar-refractivity contribution in [3.8, 4) is 0 Å². The average Bonchev–Trinajstić information content (AvgIpc) is 1.61. The molecule has 2 unspecified atom stereocenters. The van der Waals surface area contributed by atoms with Gasteiger partial charge in [-0.25, -0.2) is 4.21 Å². The summed E-state index contributed by atoms with van der Waals surface area (Å²) < 4.78 is 10.2. The van der Waals surface area contributed by atoms with Crippen LogP contribution in [-0.2, 0) is 11.0 Å². The Labute approximate surface area is 57.0 Å². The Balaban J connectivity index is 3.05. The maximum atomic E-state index is 10.2. The van der Waals surface area contributed by atoms with Crippen LogP contribution in [0.25, 0.3) is 0 Å². The molecule has 0 saturated heterocycles. The quantitative estimate of drug-likeness (QED) is 0.597. The molecule has 4 heteroatoms. The first-order valence-corrected chi connectivity index (χ1v) is 4.21. The van der Waals surface area contributed by atoms with E-state index in [-0.39, 0.29) is 5.38 Å². The lowest BCUT2D eigenvalue weighted by molar-refractivity contribution is 0.681. The molecule has 8 heavy (non-hydrogen) atoms. The lowest BCUT2D eigenvalue weighted by Crippen LogP contribution is -2.10. The largest absolute Gasteiger partial charge is 0.252 e. The van der Waals surface area contributed by atoms with Crippen LogP contribution in [0, 0.1) is 0 Å². The third-order valence-electron chi connectivity index (χ3n) is 0.717. The average molecular weight is 156 g/mol. The first kappa shape index (κ1) is 8.40. The van der Waals surface area contributed by atoms with Crippen LogP contribution in [0.5, 0.6) is 0 Å². The van der Waals surface area contributed by atoms with Crippen molar-refractivity contribution in [2.75, 3.05) is 5.75 Å². The third-order valence-corrected chi connectivity index (χ3v) is 1.57. The summed E-state index contributed by atoms with van der Waals surface area (Å²) in [4.78, 5) is 0. The second kappa shape index (κ2) is 4.30. The van der Waals surface area contributed by atoms with E-state index >= 15 is 0 Å². The van der Waals surface area contributed by atoms with E-state index in [1.54, 1.807) is 0 Å². The van der Waals surface area contributed by atoms with Gasteiger partial charge in [-0.05, 0) is 13.3 Å². The van der Waals surface area contributed by atoms with Gasteiger partial charge in [0.15, 0.2) is 0 Å². The zero-order valence-electron chi connectivity index (χ0n) is 4.76. The zero-order valence-corrected chi connectivity index (χ0v) is 6.34. The van der Waals surface area contributed by atoms with E-state index in [0.717, 1.165) is 6.42 Å². The molecule has 0 aromatic carbocycles. The molecule has 0 bridgehead atoms. The van der Waals surface area contributed by atoms with Gasteiger partial charge in [0.25, 0.3) is 0 Å². The van der Waals surface area contributed by atoms with Crippen LogP contribution in [-0.4, -0.2) is 15.3 Å². The smallest absolute Gasteiger partial charge is 0.0888 e. The molecule has 0 spiro atoms. The van der Waals surface area contributed by atoms with Crippen LogP contribution in [0.2, 0.25) is 0 Å². The van der Waals surface area contributed by atoms with E-state index in [1.165, 1.54) is 0 Å². The van der Waals surface area contributed by atoms with Gasteiger partial charge >= 0.3 is 0 Å².